The van der Waals surface area contributed by atoms with E-state index in [4.69, 9.17) is 14.8 Å². The van der Waals surface area contributed by atoms with Gasteiger partial charge in [-0.1, -0.05) is 17.4 Å². The second-order valence-corrected chi connectivity index (χ2v) is 7.65. The number of carboxylic acid groups (broad SMARTS) is 1. The molecule has 0 radical (unpaired) electrons. The molecule has 0 bridgehead atoms. The Labute approximate surface area is 143 Å². The minimum absolute atomic E-state index is 0.147. The summed E-state index contributed by atoms with van der Waals surface area (Å²) in [5, 5.41) is 12.6. The van der Waals surface area contributed by atoms with Crippen LogP contribution in [-0.4, -0.2) is 26.2 Å². The summed E-state index contributed by atoms with van der Waals surface area (Å²) >= 11 is 1.26. The van der Waals surface area contributed by atoms with E-state index in [1.807, 2.05) is 35.7 Å². The maximum Gasteiger partial charge on any atom is 0.512 e. The van der Waals surface area contributed by atoms with Crippen molar-refractivity contribution in [3.8, 4) is 15.6 Å². The lowest BCUT2D eigenvalue weighted by Gasteiger charge is -2.22. The van der Waals surface area contributed by atoms with Gasteiger partial charge in [-0.2, -0.15) is 0 Å². The van der Waals surface area contributed by atoms with Gasteiger partial charge in [0.05, 0.1) is 4.88 Å². The summed E-state index contributed by atoms with van der Waals surface area (Å²) in [5.74, 6) is 0.880. The van der Waals surface area contributed by atoms with E-state index in [0.717, 1.165) is 27.6 Å². The molecule has 0 saturated heterocycles. The SMILES string of the molecule is Cc1ccc2nc(-c3ccc(OC(=O)O)s3)c(NC(C)(C)C)n2c1. The van der Waals surface area contributed by atoms with Gasteiger partial charge in [-0.15, -0.1) is 0 Å². The number of nitrogens with one attached hydrogen (secondary N) is 1. The average Bonchev–Trinajstić information content (AvgIpc) is 3.02. The smallest absolute Gasteiger partial charge is 0.449 e. The zero-order valence-electron chi connectivity index (χ0n) is 14.0. The summed E-state index contributed by atoms with van der Waals surface area (Å²) in [6.45, 7) is 8.28. The zero-order valence-corrected chi connectivity index (χ0v) is 14.8. The van der Waals surface area contributed by atoms with E-state index in [0.29, 0.717) is 5.06 Å². The molecule has 0 atom stereocenters. The normalized spacial score (nSPS) is 11.7. The Morgan fingerprint density at radius 3 is 2.71 bits per heavy atom. The van der Waals surface area contributed by atoms with Crippen LogP contribution in [0.5, 0.6) is 5.06 Å². The minimum atomic E-state index is -1.32. The number of pyridine rings is 1. The van der Waals surface area contributed by atoms with Gasteiger partial charge in [0.15, 0.2) is 5.06 Å². The van der Waals surface area contributed by atoms with Gasteiger partial charge in [-0.25, -0.2) is 9.78 Å². The van der Waals surface area contributed by atoms with Crippen molar-refractivity contribution in [3.63, 3.8) is 0 Å². The first-order valence-corrected chi connectivity index (χ1v) is 8.32. The molecule has 3 aromatic rings. The average molecular weight is 345 g/mol. The summed E-state index contributed by atoms with van der Waals surface area (Å²) in [6, 6.07) is 7.45. The van der Waals surface area contributed by atoms with E-state index < -0.39 is 6.16 Å². The molecule has 7 heteroatoms. The number of hydrogen-bond acceptors (Lipinski definition) is 5. The van der Waals surface area contributed by atoms with E-state index in [9.17, 15) is 4.79 Å². The highest BCUT2D eigenvalue weighted by Gasteiger charge is 2.21. The number of anilines is 1. The molecule has 3 rings (SSSR count). The number of ether oxygens (including phenoxy) is 1. The molecule has 0 fully saturated rings. The third-order valence-corrected chi connectivity index (χ3v) is 4.23. The zero-order chi connectivity index (χ0) is 17.5. The molecule has 6 nitrogen and oxygen atoms in total. The van der Waals surface area contributed by atoms with Crippen LogP contribution in [0.3, 0.4) is 0 Å². The van der Waals surface area contributed by atoms with Crippen LogP contribution in [0.15, 0.2) is 30.5 Å². The molecule has 126 valence electrons. The van der Waals surface area contributed by atoms with Gasteiger partial charge in [0.25, 0.3) is 0 Å². The molecule has 3 aromatic heterocycles. The number of hydrogen-bond donors (Lipinski definition) is 2. The fourth-order valence-corrected chi connectivity index (χ4v) is 3.23. The lowest BCUT2D eigenvalue weighted by molar-refractivity contribution is 0.146. The van der Waals surface area contributed by atoms with Gasteiger partial charge in [-0.05, 0) is 51.5 Å². The molecule has 0 aliphatic rings. The number of aromatic nitrogens is 2. The third kappa shape index (κ3) is 3.35. The lowest BCUT2D eigenvalue weighted by Crippen LogP contribution is -2.27. The first-order chi connectivity index (χ1) is 11.2. The largest absolute Gasteiger partial charge is 0.512 e. The molecule has 0 amide bonds. The molecular weight excluding hydrogens is 326 g/mol. The van der Waals surface area contributed by atoms with Gasteiger partial charge in [0, 0.05) is 11.7 Å². The molecule has 0 saturated carbocycles. The lowest BCUT2D eigenvalue weighted by atomic mass is 10.1. The molecule has 3 heterocycles. The van der Waals surface area contributed by atoms with Crippen LogP contribution in [0.25, 0.3) is 16.2 Å². The van der Waals surface area contributed by atoms with E-state index in [1.54, 1.807) is 6.07 Å². The maximum absolute atomic E-state index is 10.7. The van der Waals surface area contributed by atoms with Crippen LogP contribution in [-0.2, 0) is 0 Å². The number of fused-ring (bicyclic) bond motifs is 1. The standard InChI is InChI=1S/C17H19N3O3S/c1-10-5-7-12-18-14(11-6-8-13(24-11)23-16(21)22)15(20(12)9-10)19-17(2,3)4/h5-9,19H,1-4H3,(H,21,22). The summed E-state index contributed by atoms with van der Waals surface area (Å²) < 4.78 is 6.75. The first-order valence-electron chi connectivity index (χ1n) is 7.51. The number of rotatable bonds is 3. The monoisotopic (exact) mass is 345 g/mol. The van der Waals surface area contributed by atoms with Crippen molar-refractivity contribution >= 4 is 29.0 Å². The van der Waals surface area contributed by atoms with Gasteiger partial charge < -0.3 is 15.2 Å². The summed E-state index contributed by atoms with van der Waals surface area (Å²) in [4.78, 5) is 16.3. The Hall–Kier alpha value is -2.54. The molecule has 2 N–H and O–H groups in total. The van der Waals surface area contributed by atoms with Gasteiger partial charge >= 0.3 is 6.16 Å². The van der Waals surface area contributed by atoms with Crippen molar-refractivity contribution in [2.24, 2.45) is 0 Å². The van der Waals surface area contributed by atoms with Gasteiger partial charge in [-0.3, -0.25) is 4.40 Å². The van der Waals surface area contributed by atoms with Crippen molar-refractivity contribution < 1.29 is 14.6 Å². The second-order valence-electron chi connectivity index (χ2n) is 6.61. The summed E-state index contributed by atoms with van der Waals surface area (Å²) in [7, 11) is 0. The molecule has 0 unspecified atom stereocenters. The van der Waals surface area contributed by atoms with Gasteiger partial charge in [0.1, 0.15) is 17.2 Å². The Balaban J connectivity index is 2.14. The quantitative estimate of drug-likeness (QED) is 0.676. The number of nitrogens with zero attached hydrogens (tertiary/aromatic N) is 2. The number of carbonyl (C=O) groups is 1. The van der Waals surface area contributed by atoms with Crippen molar-refractivity contribution in [2.45, 2.75) is 33.2 Å². The van der Waals surface area contributed by atoms with E-state index in [1.165, 1.54) is 11.3 Å². The molecule has 0 spiro atoms. The van der Waals surface area contributed by atoms with Crippen molar-refractivity contribution in [3.05, 3.63) is 36.0 Å². The third-order valence-electron chi connectivity index (χ3n) is 3.26. The topological polar surface area (TPSA) is 75.9 Å². The van der Waals surface area contributed by atoms with Crippen LogP contribution in [0.2, 0.25) is 0 Å². The Bertz CT molecular complexity index is 906. The number of thiophene rings is 1. The fraction of sp³-hybridized carbons (Fsp3) is 0.294. The van der Waals surface area contributed by atoms with E-state index in [2.05, 4.69) is 26.1 Å². The summed E-state index contributed by atoms with van der Waals surface area (Å²) in [6.07, 6.45) is 0.712. The fourth-order valence-electron chi connectivity index (χ4n) is 2.39. The van der Waals surface area contributed by atoms with Gasteiger partial charge in [0.2, 0.25) is 0 Å². The van der Waals surface area contributed by atoms with E-state index >= 15 is 0 Å². The van der Waals surface area contributed by atoms with Crippen LogP contribution in [0, 0.1) is 6.92 Å². The van der Waals surface area contributed by atoms with Crippen molar-refractivity contribution in [1.82, 2.24) is 9.38 Å². The van der Waals surface area contributed by atoms with Crippen molar-refractivity contribution in [2.75, 3.05) is 5.32 Å². The molecule has 0 aliphatic carbocycles. The highest BCUT2D eigenvalue weighted by atomic mass is 32.1. The molecule has 24 heavy (non-hydrogen) atoms. The van der Waals surface area contributed by atoms with E-state index in [-0.39, 0.29) is 5.54 Å². The number of imidazole rings is 1. The summed E-state index contributed by atoms with van der Waals surface area (Å²) in [5.41, 5.74) is 2.59. The van der Waals surface area contributed by atoms with Crippen LogP contribution in [0.1, 0.15) is 26.3 Å². The van der Waals surface area contributed by atoms with Crippen molar-refractivity contribution in [1.29, 1.82) is 0 Å². The van der Waals surface area contributed by atoms with Crippen LogP contribution >= 0.6 is 11.3 Å². The Morgan fingerprint density at radius 1 is 1.29 bits per heavy atom. The maximum atomic E-state index is 10.7. The predicted molar refractivity (Wildman–Crippen MR) is 95.3 cm³/mol. The highest BCUT2D eigenvalue weighted by Crippen LogP contribution is 2.38. The van der Waals surface area contributed by atoms with Crippen LogP contribution in [0.4, 0.5) is 10.6 Å². The predicted octanol–water partition coefficient (Wildman–Crippen LogP) is 4.64. The minimum Gasteiger partial charge on any atom is -0.449 e. The molecule has 0 aromatic carbocycles. The first kappa shape index (κ1) is 16.3. The Kier molecular flexibility index (Phi) is 3.96. The highest BCUT2D eigenvalue weighted by molar-refractivity contribution is 7.17. The second kappa shape index (κ2) is 5.83. The molecule has 0 aliphatic heterocycles. The molecular formula is C17H19N3O3S. The Morgan fingerprint density at radius 2 is 2.04 bits per heavy atom. The van der Waals surface area contributed by atoms with Crippen LogP contribution < -0.4 is 10.1 Å². The number of aryl methyl sites for hydroxylation is 1.